The summed E-state index contributed by atoms with van der Waals surface area (Å²) in [6, 6.07) is 11.6. The van der Waals surface area contributed by atoms with E-state index >= 15 is 13.2 Å². The highest BCUT2D eigenvalue weighted by Crippen LogP contribution is 2.41. The lowest BCUT2D eigenvalue weighted by Crippen LogP contribution is -2.30. The van der Waals surface area contributed by atoms with Gasteiger partial charge in [0.1, 0.15) is 10.7 Å². The normalized spacial score (nSPS) is 20.2. The molecular weight excluding hydrogens is 742 g/mol. The summed E-state index contributed by atoms with van der Waals surface area (Å²) < 4.78 is 105. The summed E-state index contributed by atoms with van der Waals surface area (Å²) in [6.45, 7) is 8.81. The van der Waals surface area contributed by atoms with Crippen molar-refractivity contribution in [2.75, 3.05) is 11.5 Å². The molecule has 0 spiro atoms. The van der Waals surface area contributed by atoms with E-state index in [2.05, 4.69) is 4.98 Å². The van der Waals surface area contributed by atoms with Crippen LogP contribution in [-0.2, 0) is 49.8 Å². The standard InChI is InChI=1S/C39H43F3N4O6S2/c1-37(2)15-8-16-39(5,24-10-7-9-23(19-24)21-38(3,4)36(47)48)35-44-34(46(6)45-35)28-20-25(11-12-29(28)40)54(51,52)33-27(14-18-53(49,50)22-37)26-13-17-43-32(26)30(41)31(33)42/h7,9-13,17,19-20,43H,8,14-16,18,21-22H2,1-6H3,(H,47,48)/t39-/m1/s1. The molecule has 3 aromatic carbocycles. The number of aromatic nitrogens is 4. The van der Waals surface area contributed by atoms with Crippen molar-refractivity contribution in [3.05, 3.63) is 94.7 Å². The molecular formula is C39H43F3N4O6S2. The Bertz CT molecular complexity index is 2530. The molecule has 0 unspecified atom stereocenters. The number of aromatic amines is 1. The second-order valence-electron chi connectivity index (χ2n) is 16.0. The van der Waals surface area contributed by atoms with Crippen LogP contribution in [0.1, 0.15) is 76.4 Å². The molecule has 1 aliphatic heterocycles. The molecule has 54 heavy (non-hydrogen) atoms. The van der Waals surface area contributed by atoms with Gasteiger partial charge in [0.15, 0.2) is 33.1 Å². The van der Waals surface area contributed by atoms with E-state index in [1.54, 1.807) is 13.8 Å². The van der Waals surface area contributed by atoms with Gasteiger partial charge in [0.05, 0.1) is 38.3 Å². The number of hydrogen-bond acceptors (Lipinski definition) is 7. The molecule has 0 aliphatic carbocycles. The highest BCUT2D eigenvalue weighted by molar-refractivity contribution is 7.92. The van der Waals surface area contributed by atoms with Gasteiger partial charge < -0.3 is 10.1 Å². The summed E-state index contributed by atoms with van der Waals surface area (Å²) in [5, 5.41) is 14.5. The van der Waals surface area contributed by atoms with E-state index in [4.69, 9.17) is 10.1 Å². The molecule has 2 aromatic heterocycles. The van der Waals surface area contributed by atoms with Gasteiger partial charge >= 0.3 is 5.97 Å². The fourth-order valence-corrected chi connectivity index (χ4v) is 11.1. The number of carboxylic acids is 1. The fraction of sp³-hybridized carbons (Fsp3) is 0.410. The fourth-order valence-electron chi connectivity index (χ4n) is 7.52. The predicted molar refractivity (Wildman–Crippen MR) is 198 cm³/mol. The van der Waals surface area contributed by atoms with Gasteiger partial charge in [-0.1, -0.05) is 44.5 Å². The Morgan fingerprint density at radius 3 is 2.43 bits per heavy atom. The van der Waals surface area contributed by atoms with Crippen molar-refractivity contribution in [2.24, 2.45) is 17.9 Å². The van der Waals surface area contributed by atoms with E-state index in [1.807, 2.05) is 45.0 Å². The Kier molecular flexibility index (Phi) is 9.92. The van der Waals surface area contributed by atoms with Crippen LogP contribution in [0.25, 0.3) is 22.3 Å². The highest BCUT2D eigenvalue weighted by atomic mass is 32.2. The number of halogens is 3. The van der Waals surface area contributed by atoms with Gasteiger partial charge in [-0.05, 0) is 92.8 Å². The van der Waals surface area contributed by atoms with Crippen LogP contribution in [0.3, 0.4) is 0 Å². The third kappa shape index (κ3) is 7.19. The van der Waals surface area contributed by atoms with Crippen LogP contribution < -0.4 is 0 Å². The summed E-state index contributed by atoms with van der Waals surface area (Å²) in [4.78, 5) is 17.7. The van der Waals surface area contributed by atoms with Crippen molar-refractivity contribution in [1.29, 1.82) is 0 Å². The Balaban J connectivity index is 1.57. The van der Waals surface area contributed by atoms with Crippen LogP contribution in [-0.4, -0.2) is 59.2 Å². The summed E-state index contributed by atoms with van der Waals surface area (Å²) >= 11 is 0. The van der Waals surface area contributed by atoms with Crippen LogP contribution >= 0.6 is 0 Å². The second kappa shape index (κ2) is 13.7. The van der Waals surface area contributed by atoms with Gasteiger partial charge in [0.2, 0.25) is 9.84 Å². The average molecular weight is 785 g/mol. The first-order chi connectivity index (χ1) is 25.1. The van der Waals surface area contributed by atoms with Crippen molar-refractivity contribution in [2.45, 2.75) is 81.9 Å². The van der Waals surface area contributed by atoms with E-state index in [0.717, 1.165) is 29.3 Å². The van der Waals surface area contributed by atoms with Crippen molar-refractivity contribution in [3.8, 4) is 11.4 Å². The topological polar surface area (TPSA) is 152 Å². The third-order valence-electron chi connectivity index (χ3n) is 10.6. The zero-order valence-electron chi connectivity index (χ0n) is 30.9. The number of sulfone groups is 2. The molecule has 0 radical (unpaired) electrons. The number of carbonyl (C=O) groups is 1. The van der Waals surface area contributed by atoms with Crippen LogP contribution in [0.15, 0.2) is 64.5 Å². The maximum Gasteiger partial charge on any atom is 0.309 e. The first kappa shape index (κ1) is 39.2. The molecule has 0 saturated heterocycles. The first-order valence-electron chi connectivity index (χ1n) is 17.5. The van der Waals surface area contributed by atoms with Gasteiger partial charge in [-0.3, -0.25) is 4.79 Å². The van der Waals surface area contributed by atoms with Crippen LogP contribution in [0.2, 0.25) is 0 Å². The molecule has 5 aromatic rings. The Morgan fingerprint density at radius 2 is 1.72 bits per heavy atom. The van der Waals surface area contributed by atoms with Crippen molar-refractivity contribution in [3.63, 3.8) is 0 Å². The van der Waals surface area contributed by atoms with Crippen LogP contribution in [0, 0.1) is 28.3 Å². The molecule has 2 N–H and O–H groups in total. The Hall–Kier alpha value is -4.50. The molecule has 0 amide bonds. The van der Waals surface area contributed by atoms with Crippen LogP contribution in [0.4, 0.5) is 13.2 Å². The zero-order chi connectivity index (χ0) is 39.6. The van der Waals surface area contributed by atoms with E-state index in [9.17, 15) is 26.7 Å². The molecule has 0 fully saturated rings. The minimum Gasteiger partial charge on any atom is -0.481 e. The van der Waals surface area contributed by atoms with Gasteiger partial charge in [0, 0.05) is 18.6 Å². The third-order valence-corrected chi connectivity index (χ3v) is 14.5. The number of fused-ring (bicyclic) bond motifs is 8. The van der Waals surface area contributed by atoms with Gasteiger partial charge in [-0.15, -0.1) is 0 Å². The maximum absolute atomic E-state index is 16.0. The number of hydrogen-bond donors (Lipinski definition) is 2. The lowest BCUT2D eigenvalue weighted by molar-refractivity contribution is -0.146. The molecule has 0 saturated carbocycles. The summed E-state index contributed by atoms with van der Waals surface area (Å²) in [7, 11) is -7.28. The Labute approximate surface area is 312 Å². The number of H-pyrrole nitrogens is 1. The smallest absolute Gasteiger partial charge is 0.309 e. The molecule has 15 heteroatoms. The van der Waals surface area contributed by atoms with E-state index in [-0.39, 0.29) is 45.9 Å². The number of rotatable bonds is 4. The molecule has 4 bridgehead atoms. The number of nitrogens with one attached hydrogen (secondary N) is 1. The van der Waals surface area contributed by atoms with E-state index in [0.29, 0.717) is 19.3 Å². The van der Waals surface area contributed by atoms with Gasteiger partial charge in [-0.2, -0.15) is 5.10 Å². The van der Waals surface area contributed by atoms with Gasteiger partial charge in [-0.25, -0.2) is 39.7 Å². The van der Waals surface area contributed by atoms with Crippen molar-refractivity contribution >= 4 is 36.5 Å². The molecule has 10 nitrogen and oxygen atoms in total. The monoisotopic (exact) mass is 784 g/mol. The van der Waals surface area contributed by atoms with E-state index < -0.39 is 81.3 Å². The molecule has 1 aliphatic rings. The summed E-state index contributed by atoms with van der Waals surface area (Å²) in [6.07, 6.45) is 2.49. The largest absolute Gasteiger partial charge is 0.481 e. The molecule has 6 rings (SSSR count). The maximum atomic E-state index is 16.0. The summed E-state index contributed by atoms with van der Waals surface area (Å²) in [5.41, 5.74) is -2.03. The number of benzene rings is 3. The minimum atomic E-state index is -4.93. The number of aliphatic carboxylic acids is 1. The lowest BCUT2D eigenvalue weighted by atomic mass is 9.74. The zero-order valence-corrected chi connectivity index (χ0v) is 32.6. The molecule has 288 valence electrons. The lowest BCUT2D eigenvalue weighted by Gasteiger charge is -2.31. The quantitative estimate of drug-likeness (QED) is 0.180. The highest BCUT2D eigenvalue weighted by Gasteiger charge is 2.38. The van der Waals surface area contributed by atoms with E-state index in [1.165, 1.54) is 24.0 Å². The summed E-state index contributed by atoms with van der Waals surface area (Å²) in [5.74, 6) is -5.46. The molecule has 3 heterocycles. The predicted octanol–water partition coefficient (Wildman–Crippen LogP) is 7.34. The number of nitrogens with zero attached hydrogens (tertiary/aromatic N) is 3. The number of aryl methyl sites for hydroxylation is 2. The van der Waals surface area contributed by atoms with Crippen molar-refractivity contribution < 1.29 is 39.9 Å². The average Bonchev–Trinajstić information content (AvgIpc) is 3.72. The first-order valence-corrected chi connectivity index (χ1v) is 20.8. The Morgan fingerprint density at radius 1 is 1.00 bits per heavy atom. The van der Waals surface area contributed by atoms with Crippen LogP contribution in [0.5, 0.6) is 0 Å². The SMILES string of the molecule is Cn1nc2nc1-c1cc(ccc1F)S(=O)(=O)c1c(F)c(F)c3[nH]ccc3c1CCS(=O)(=O)CC(C)(C)CCC[C@]2(C)c1cccc(CC(C)(C)C(=O)O)c1. The minimum absolute atomic E-state index is 0.0190. The van der Waals surface area contributed by atoms with Crippen molar-refractivity contribution in [1.82, 2.24) is 19.7 Å². The second-order valence-corrected chi connectivity index (χ2v) is 20.1. The molecule has 1 atom stereocenters. The van der Waals surface area contributed by atoms with Gasteiger partial charge in [0.25, 0.3) is 0 Å². The number of carboxylic acid groups (broad SMARTS) is 1.